The monoisotopic (exact) mass is 422 g/mol. The predicted octanol–water partition coefficient (Wildman–Crippen LogP) is 3.87. The Hall–Kier alpha value is -2.45. The second-order valence-electron chi connectivity index (χ2n) is 7.27. The average molecular weight is 422 g/mol. The highest BCUT2D eigenvalue weighted by atomic mass is 19.4. The number of nitrogens with zero attached hydrogens (tertiary/aromatic N) is 2. The third-order valence-electron chi connectivity index (χ3n) is 4.96. The summed E-state index contributed by atoms with van der Waals surface area (Å²) in [7, 11) is 1.77. The number of halogens is 3. The summed E-state index contributed by atoms with van der Waals surface area (Å²) in [6.45, 7) is 4.52. The maximum absolute atomic E-state index is 12.7. The van der Waals surface area contributed by atoms with Crippen molar-refractivity contribution in [3.63, 3.8) is 0 Å². The molecular formula is C22H29F3N4O. The Bertz CT molecular complexity index is 803. The van der Waals surface area contributed by atoms with Gasteiger partial charge in [0.25, 0.3) is 0 Å². The van der Waals surface area contributed by atoms with Crippen molar-refractivity contribution in [2.75, 3.05) is 25.0 Å². The minimum atomic E-state index is -4.38. The van der Waals surface area contributed by atoms with Crippen LogP contribution in [0.25, 0.3) is 0 Å². The van der Waals surface area contributed by atoms with Crippen LogP contribution < -0.4 is 16.0 Å². The third-order valence-corrected chi connectivity index (χ3v) is 4.96. The Labute approximate surface area is 175 Å². The van der Waals surface area contributed by atoms with E-state index in [1.54, 1.807) is 7.05 Å². The Kier molecular flexibility index (Phi) is 8.80. The van der Waals surface area contributed by atoms with Gasteiger partial charge in [-0.15, -0.1) is 0 Å². The second-order valence-corrected chi connectivity index (χ2v) is 7.27. The van der Waals surface area contributed by atoms with Gasteiger partial charge in [-0.3, -0.25) is 0 Å². The second kappa shape index (κ2) is 11.1. The van der Waals surface area contributed by atoms with Gasteiger partial charge in [-0.25, -0.2) is 4.98 Å². The molecule has 0 bridgehead atoms. The standard InChI is InChI=1S/C12H16F3N3.C10H13NO/c1-16-8-9-4-5-10(12(13,14)15)17-11(9)18-6-2-3-7-18;1-8(7-12)10-4-2-9(6-11)3-5-10/h4-5,16H,2-3,6-8H2,1H3;2-5,7-8H,6,11H2,1H3. The average Bonchev–Trinajstić information content (AvgIpc) is 3.28. The summed E-state index contributed by atoms with van der Waals surface area (Å²) in [5, 5.41) is 2.96. The van der Waals surface area contributed by atoms with Gasteiger partial charge in [0.15, 0.2) is 0 Å². The molecule has 8 heteroatoms. The molecule has 1 unspecified atom stereocenters. The van der Waals surface area contributed by atoms with Gasteiger partial charge in [-0.05, 0) is 37.1 Å². The zero-order chi connectivity index (χ0) is 22.1. The van der Waals surface area contributed by atoms with E-state index in [2.05, 4.69) is 10.3 Å². The summed E-state index contributed by atoms with van der Waals surface area (Å²) in [6.07, 6.45) is -1.42. The zero-order valence-corrected chi connectivity index (χ0v) is 17.4. The maximum Gasteiger partial charge on any atom is 0.433 e. The molecule has 5 nitrogen and oxygen atoms in total. The number of aldehydes is 1. The topological polar surface area (TPSA) is 71.2 Å². The van der Waals surface area contributed by atoms with Crippen LogP contribution in [0.15, 0.2) is 36.4 Å². The fraction of sp³-hybridized carbons (Fsp3) is 0.455. The summed E-state index contributed by atoms with van der Waals surface area (Å²) in [4.78, 5) is 16.2. The highest BCUT2D eigenvalue weighted by Crippen LogP contribution is 2.31. The number of benzene rings is 1. The zero-order valence-electron chi connectivity index (χ0n) is 17.4. The first-order valence-corrected chi connectivity index (χ1v) is 10.0. The van der Waals surface area contributed by atoms with Crippen LogP contribution in [-0.4, -0.2) is 31.4 Å². The van der Waals surface area contributed by atoms with Gasteiger partial charge in [0.05, 0.1) is 0 Å². The molecule has 3 N–H and O–H groups in total. The first-order valence-electron chi connectivity index (χ1n) is 10.0. The van der Waals surface area contributed by atoms with Crippen LogP contribution in [0, 0.1) is 0 Å². The molecule has 1 saturated heterocycles. The predicted molar refractivity (Wildman–Crippen MR) is 112 cm³/mol. The van der Waals surface area contributed by atoms with Gasteiger partial charge >= 0.3 is 6.18 Å². The van der Waals surface area contributed by atoms with Crippen LogP contribution in [0.4, 0.5) is 19.0 Å². The lowest BCUT2D eigenvalue weighted by atomic mass is 10.0. The SMILES string of the molecule is CC(C=O)c1ccc(CN)cc1.CNCc1ccc(C(F)(F)F)nc1N1CCCC1. The Morgan fingerprint density at radius 3 is 2.30 bits per heavy atom. The maximum atomic E-state index is 12.7. The number of hydrogen-bond acceptors (Lipinski definition) is 5. The van der Waals surface area contributed by atoms with Crippen LogP contribution in [0.3, 0.4) is 0 Å². The number of alkyl halides is 3. The van der Waals surface area contributed by atoms with Crippen molar-refractivity contribution >= 4 is 12.1 Å². The molecule has 1 fully saturated rings. The van der Waals surface area contributed by atoms with Crippen molar-refractivity contribution in [1.82, 2.24) is 10.3 Å². The van der Waals surface area contributed by atoms with E-state index in [1.165, 1.54) is 6.07 Å². The summed E-state index contributed by atoms with van der Waals surface area (Å²) < 4.78 is 38.0. The lowest BCUT2D eigenvalue weighted by molar-refractivity contribution is -0.141. The van der Waals surface area contributed by atoms with E-state index >= 15 is 0 Å². The quantitative estimate of drug-likeness (QED) is 0.692. The van der Waals surface area contributed by atoms with Crippen molar-refractivity contribution in [2.24, 2.45) is 5.73 Å². The van der Waals surface area contributed by atoms with E-state index in [-0.39, 0.29) is 5.92 Å². The van der Waals surface area contributed by atoms with Gasteiger partial charge in [-0.1, -0.05) is 37.3 Å². The first-order chi connectivity index (χ1) is 14.3. The molecule has 3 rings (SSSR count). The van der Waals surface area contributed by atoms with Crippen LogP contribution in [0.2, 0.25) is 0 Å². The minimum Gasteiger partial charge on any atom is -0.356 e. The molecule has 0 saturated carbocycles. The van der Waals surface area contributed by atoms with Crippen LogP contribution >= 0.6 is 0 Å². The molecule has 0 amide bonds. The summed E-state index contributed by atoms with van der Waals surface area (Å²) >= 11 is 0. The molecule has 0 radical (unpaired) electrons. The molecule has 164 valence electrons. The fourth-order valence-corrected chi connectivity index (χ4v) is 3.20. The largest absolute Gasteiger partial charge is 0.433 e. The van der Waals surface area contributed by atoms with E-state index < -0.39 is 11.9 Å². The molecule has 1 aliphatic rings. The van der Waals surface area contributed by atoms with Crippen molar-refractivity contribution in [3.05, 3.63) is 58.8 Å². The molecule has 2 aromatic rings. The summed E-state index contributed by atoms with van der Waals surface area (Å²) in [5.41, 5.74) is 7.57. The molecule has 1 atom stereocenters. The van der Waals surface area contributed by atoms with E-state index in [0.29, 0.717) is 18.9 Å². The van der Waals surface area contributed by atoms with Crippen LogP contribution in [0.5, 0.6) is 0 Å². The van der Waals surface area contributed by atoms with E-state index in [9.17, 15) is 18.0 Å². The number of hydrogen-bond donors (Lipinski definition) is 2. The molecule has 0 spiro atoms. The highest BCUT2D eigenvalue weighted by Gasteiger charge is 2.33. The summed E-state index contributed by atoms with van der Waals surface area (Å²) in [5.74, 6) is 0.452. The molecular weight excluding hydrogens is 393 g/mol. The number of pyridine rings is 1. The Morgan fingerprint density at radius 2 is 1.80 bits per heavy atom. The molecule has 1 aromatic heterocycles. The van der Waals surface area contributed by atoms with Crippen molar-refractivity contribution in [2.45, 2.75) is 44.9 Å². The number of carbonyl (C=O) groups excluding carboxylic acids is 1. The molecule has 0 aliphatic carbocycles. The molecule has 1 aliphatic heterocycles. The molecule has 2 heterocycles. The smallest absolute Gasteiger partial charge is 0.356 e. The fourth-order valence-electron chi connectivity index (χ4n) is 3.20. The van der Waals surface area contributed by atoms with Crippen molar-refractivity contribution < 1.29 is 18.0 Å². The first kappa shape index (κ1) is 23.8. The van der Waals surface area contributed by atoms with Crippen molar-refractivity contribution in [3.8, 4) is 0 Å². The molecule has 30 heavy (non-hydrogen) atoms. The highest BCUT2D eigenvalue weighted by molar-refractivity contribution is 5.61. The van der Waals surface area contributed by atoms with Gasteiger partial charge in [0.1, 0.15) is 17.8 Å². The van der Waals surface area contributed by atoms with Gasteiger partial charge in [-0.2, -0.15) is 13.2 Å². The van der Waals surface area contributed by atoms with Gasteiger partial charge in [0.2, 0.25) is 0 Å². The van der Waals surface area contributed by atoms with Crippen molar-refractivity contribution in [1.29, 1.82) is 0 Å². The lowest BCUT2D eigenvalue weighted by Crippen LogP contribution is -2.24. The number of nitrogens with two attached hydrogens (primary N) is 1. The molecule has 1 aromatic carbocycles. The number of rotatable bonds is 6. The van der Waals surface area contributed by atoms with Gasteiger partial charge < -0.3 is 20.7 Å². The van der Waals surface area contributed by atoms with Crippen LogP contribution in [0.1, 0.15) is 48.1 Å². The number of aromatic nitrogens is 1. The lowest BCUT2D eigenvalue weighted by Gasteiger charge is -2.21. The van der Waals surface area contributed by atoms with Crippen LogP contribution in [-0.2, 0) is 24.1 Å². The number of nitrogens with one attached hydrogen (secondary N) is 1. The number of anilines is 1. The van der Waals surface area contributed by atoms with E-state index in [1.807, 2.05) is 36.1 Å². The third kappa shape index (κ3) is 6.53. The number of carbonyl (C=O) groups is 1. The summed E-state index contributed by atoms with van der Waals surface area (Å²) in [6, 6.07) is 10.4. The normalized spacial score (nSPS) is 14.8. The minimum absolute atomic E-state index is 0.0168. The van der Waals surface area contributed by atoms with Gasteiger partial charge in [0, 0.05) is 37.7 Å². The van der Waals surface area contributed by atoms with E-state index in [4.69, 9.17) is 5.73 Å². The van der Waals surface area contributed by atoms with E-state index in [0.717, 1.165) is 55.0 Å². The Morgan fingerprint density at radius 1 is 1.17 bits per heavy atom. The Balaban J connectivity index is 0.000000232.